The molecule has 2 unspecified atom stereocenters. The van der Waals surface area contributed by atoms with Crippen LogP contribution in [-0.4, -0.2) is 30.3 Å². The predicted octanol–water partition coefficient (Wildman–Crippen LogP) is 3.69. The zero-order valence-corrected chi connectivity index (χ0v) is 13.6. The number of rotatable bonds is 3. The fraction of sp³-hybridized carbons (Fsp3) is 0.333. The molecule has 1 fully saturated rings. The molecule has 2 aromatic rings. The summed E-state index contributed by atoms with van der Waals surface area (Å²) in [6, 6.07) is 8.26. The number of ether oxygens (including phenoxy) is 2. The van der Waals surface area contributed by atoms with Gasteiger partial charge in [-0.3, -0.25) is 0 Å². The van der Waals surface area contributed by atoms with Gasteiger partial charge < -0.3 is 9.47 Å². The van der Waals surface area contributed by atoms with Gasteiger partial charge in [0.2, 0.25) is 0 Å². The van der Waals surface area contributed by atoms with E-state index in [0.29, 0.717) is 5.57 Å². The highest BCUT2D eigenvalue weighted by atomic mass is 32.1. The second-order valence-corrected chi connectivity index (χ2v) is 6.72. The van der Waals surface area contributed by atoms with Gasteiger partial charge in [-0.1, -0.05) is 24.3 Å². The van der Waals surface area contributed by atoms with E-state index in [1.807, 2.05) is 11.6 Å². The molecule has 1 aromatic carbocycles. The molecule has 118 valence electrons. The SMILES string of the molecule is COC(=O)C1=C(c2ccc(-c3nccs3)cc2)CC2CCC1O2. The van der Waals surface area contributed by atoms with Crippen molar-refractivity contribution in [2.75, 3.05) is 7.11 Å². The van der Waals surface area contributed by atoms with Crippen LogP contribution in [0.25, 0.3) is 16.1 Å². The van der Waals surface area contributed by atoms with Gasteiger partial charge >= 0.3 is 5.97 Å². The van der Waals surface area contributed by atoms with Crippen molar-refractivity contribution >= 4 is 22.9 Å². The van der Waals surface area contributed by atoms with Crippen LogP contribution in [0.1, 0.15) is 24.8 Å². The van der Waals surface area contributed by atoms with Gasteiger partial charge in [0.15, 0.2) is 0 Å². The predicted molar refractivity (Wildman–Crippen MR) is 89.0 cm³/mol. The number of hydrogen-bond donors (Lipinski definition) is 0. The first kappa shape index (κ1) is 14.6. The first-order chi connectivity index (χ1) is 11.3. The maximum absolute atomic E-state index is 12.2. The van der Waals surface area contributed by atoms with Crippen molar-refractivity contribution in [2.45, 2.75) is 31.5 Å². The summed E-state index contributed by atoms with van der Waals surface area (Å²) in [6.07, 6.45) is 4.60. The molecule has 5 heteroatoms. The summed E-state index contributed by atoms with van der Waals surface area (Å²) in [5.41, 5.74) is 3.94. The van der Waals surface area contributed by atoms with Crippen LogP contribution in [0.4, 0.5) is 0 Å². The van der Waals surface area contributed by atoms with E-state index in [9.17, 15) is 4.79 Å². The molecule has 1 aromatic heterocycles. The first-order valence-electron chi connectivity index (χ1n) is 7.73. The van der Waals surface area contributed by atoms with E-state index in [-0.39, 0.29) is 18.2 Å². The monoisotopic (exact) mass is 327 g/mol. The minimum atomic E-state index is -0.269. The average molecular weight is 327 g/mol. The summed E-state index contributed by atoms with van der Waals surface area (Å²) in [6.45, 7) is 0. The van der Waals surface area contributed by atoms with Crippen LogP contribution in [0.15, 0.2) is 41.4 Å². The lowest BCUT2D eigenvalue weighted by Crippen LogP contribution is -2.26. The molecule has 0 aliphatic carbocycles. The van der Waals surface area contributed by atoms with Gasteiger partial charge in [0, 0.05) is 17.1 Å². The minimum Gasteiger partial charge on any atom is -0.466 e. The first-order valence-corrected chi connectivity index (χ1v) is 8.61. The second kappa shape index (κ2) is 5.91. The Labute approximate surface area is 138 Å². The van der Waals surface area contributed by atoms with Crippen LogP contribution in [0.3, 0.4) is 0 Å². The van der Waals surface area contributed by atoms with Gasteiger partial charge in [-0.2, -0.15) is 0 Å². The third kappa shape index (κ3) is 2.60. The minimum absolute atomic E-state index is 0.116. The average Bonchev–Trinajstić information content (AvgIpc) is 3.25. The lowest BCUT2D eigenvalue weighted by Gasteiger charge is -2.26. The molecule has 4 rings (SSSR count). The number of methoxy groups -OCH3 is 1. The van der Waals surface area contributed by atoms with E-state index in [4.69, 9.17) is 9.47 Å². The Bertz CT molecular complexity index is 749. The molecule has 2 aliphatic rings. The lowest BCUT2D eigenvalue weighted by atomic mass is 9.92. The number of esters is 1. The van der Waals surface area contributed by atoms with Crippen molar-refractivity contribution < 1.29 is 14.3 Å². The fourth-order valence-electron chi connectivity index (χ4n) is 3.42. The van der Waals surface area contributed by atoms with Crippen LogP contribution < -0.4 is 0 Å². The molecular weight excluding hydrogens is 310 g/mol. The van der Waals surface area contributed by atoms with Crippen molar-refractivity contribution in [1.82, 2.24) is 4.98 Å². The summed E-state index contributed by atoms with van der Waals surface area (Å²) >= 11 is 1.62. The molecule has 0 N–H and O–H groups in total. The largest absolute Gasteiger partial charge is 0.466 e. The van der Waals surface area contributed by atoms with Gasteiger partial charge in [-0.15, -0.1) is 11.3 Å². The van der Waals surface area contributed by atoms with E-state index in [2.05, 4.69) is 29.2 Å². The summed E-state index contributed by atoms with van der Waals surface area (Å²) in [7, 11) is 1.43. The number of carbonyl (C=O) groups excluding carboxylic acids is 1. The van der Waals surface area contributed by atoms with Crippen molar-refractivity contribution in [3.8, 4) is 10.6 Å². The zero-order valence-electron chi connectivity index (χ0n) is 12.8. The maximum Gasteiger partial charge on any atom is 0.336 e. The molecule has 0 spiro atoms. The van der Waals surface area contributed by atoms with Gasteiger partial charge in [-0.05, 0) is 30.4 Å². The number of thiazole rings is 1. The quantitative estimate of drug-likeness (QED) is 0.807. The molecule has 2 aliphatic heterocycles. The number of carbonyl (C=O) groups is 1. The topological polar surface area (TPSA) is 48.4 Å². The molecule has 2 bridgehead atoms. The number of aromatic nitrogens is 1. The molecule has 0 amide bonds. The third-order valence-corrected chi connectivity index (χ3v) is 5.33. The van der Waals surface area contributed by atoms with E-state index < -0.39 is 0 Å². The van der Waals surface area contributed by atoms with Gasteiger partial charge in [0.1, 0.15) is 5.01 Å². The highest BCUT2D eigenvalue weighted by Crippen LogP contribution is 2.41. The molecule has 4 nitrogen and oxygen atoms in total. The van der Waals surface area contributed by atoms with Crippen LogP contribution in [0, 0.1) is 0 Å². The van der Waals surface area contributed by atoms with E-state index >= 15 is 0 Å². The van der Waals surface area contributed by atoms with Crippen molar-refractivity contribution in [2.24, 2.45) is 0 Å². The highest BCUT2D eigenvalue weighted by molar-refractivity contribution is 7.13. The molecule has 0 radical (unpaired) electrons. The van der Waals surface area contributed by atoms with Gasteiger partial charge in [0.05, 0.1) is 24.9 Å². The van der Waals surface area contributed by atoms with Crippen LogP contribution >= 0.6 is 11.3 Å². The number of benzene rings is 1. The van der Waals surface area contributed by atoms with E-state index in [0.717, 1.165) is 41.0 Å². The molecule has 23 heavy (non-hydrogen) atoms. The van der Waals surface area contributed by atoms with E-state index in [1.54, 1.807) is 11.3 Å². The smallest absolute Gasteiger partial charge is 0.336 e. The van der Waals surface area contributed by atoms with Crippen molar-refractivity contribution in [1.29, 1.82) is 0 Å². The zero-order chi connectivity index (χ0) is 15.8. The summed E-state index contributed by atoms with van der Waals surface area (Å²) < 4.78 is 10.9. The second-order valence-electron chi connectivity index (χ2n) is 5.83. The van der Waals surface area contributed by atoms with Crippen molar-refractivity contribution in [3.63, 3.8) is 0 Å². The maximum atomic E-state index is 12.2. The molecule has 2 atom stereocenters. The molecular formula is C18H17NO3S. The van der Waals surface area contributed by atoms with Crippen LogP contribution in [0.2, 0.25) is 0 Å². The molecule has 1 saturated heterocycles. The van der Waals surface area contributed by atoms with Crippen LogP contribution in [-0.2, 0) is 14.3 Å². The standard InChI is InChI=1S/C18H17NO3S/c1-21-18(20)16-14(10-13-6-7-15(16)22-13)11-2-4-12(5-3-11)17-19-8-9-23-17/h2-5,8-9,13,15H,6-7,10H2,1H3. The Morgan fingerprint density at radius 3 is 2.74 bits per heavy atom. The molecule has 3 heterocycles. The van der Waals surface area contributed by atoms with Crippen LogP contribution in [0.5, 0.6) is 0 Å². The van der Waals surface area contributed by atoms with Gasteiger partial charge in [-0.25, -0.2) is 9.78 Å². The Morgan fingerprint density at radius 2 is 2.04 bits per heavy atom. The Morgan fingerprint density at radius 1 is 1.26 bits per heavy atom. The summed E-state index contributed by atoms with van der Waals surface area (Å²) in [5.74, 6) is -0.269. The number of fused-ring (bicyclic) bond motifs is 2. The normalized spacial score (nSPS) is 23.2. The Kier molecular flexibility index (Phi) is 3.75. The molecule has 0 saturated carbocycles. The highest BCUT2D eigenvalue weighted by Gasteiger charge is 2.39. The number of nitrogens with zero attached hydrogens (tertiary/aromatic N) is 1. The Hall–Kier alpha value is -1.98. The summed E-state index contributed by atoms with van der Waals surface area (Å²) in [5, 5.41) is 2.97. The third-order valence-electron chi connectivity index (χ3n) is 4.50. The Balaban J connectivity index is 1.73. The number of hydrogen-bond acceptors (Lipinski definition) is 5. The van der Waals surface area contributed by atoms with E-state index in [1.165, 1.54) is 7.11 Å². The lowest BCUT2D eigenvalue weighted by molar-refractivity contribution is -0.137. The van der Waals surface area contributed by atoms with Gasteiger partial charge in [0.25, 0.3) is 0 Å². The summed E-state index contributed by atoms with van der Waals surface area (Å²) in [4.78, 5) is 16.6. The fourth-order valence-corrected chi connectivity index (χ4v) is 4.06. The van der Waals surface area contributed by atoms with Crippen molar-refractivity contribution in [3.05, 3.63) is 47.0 Å².